The maximum absolute atomic E-state index is 14.2. The first kappa shape index (κ1) is 26.7. The molecule has 1 aromatic heterocycles. The fourth-order valence-electron chi connectivity index (χ4n) is 6.52. The molecule has 0 aliphatic heterocycles. The second kappa shape index (κ2) is 11.0. The highest BCUT2D eigenvalue weighted by molar-refractivity contribution is 6.12. The molecule has 0 fully saturated rings. The first-order chi connectivity index (χ1) is 22.2. The molecule has 0 atom stereocenters. The zero-order chi connectivity index (χ0) is 30.3. The topological polar surface area (TPSA) is 20.2 Å². The van der Waals surface area contributed by atoms with Crippen LogP contribution in [0.15, 0.2) is 158 Å². The highest BCUT2D eigenvalue weighted by Crippen LogP contribution is 2.44. The standard InChI is InChI=1S/C41H30FN3/c1-43-30-19-15-28(16-20-30)34-24-26-40(36-12-6-5-11-35(34)36)44(32-21-17-29(42)18-22-32)33-23-25-41-38(27-33)37-13-7-8-14-39(37)45(41)31-9-3-2-4-10-31/h2-27,43H,1H3. The third-order valence-corrected chi connectivity index (χ3v) is 8.64. The van der Waals surface area contributed by atoms with E-state index in [9.17, 15) is 4.39 Å². The number of aromatic nitrogens is 1. The molecule has 45 heavy (non-hydrogen) atoms. The average molecular weight is 584 g/mol. The number of anilines is 4. The molecule has 4 heteroatoms. The van der Waals surface area contributed by atoms with Gasteiger partial charge in [-0.25, -0.2) is 4.39 Å². The molecule has 0 spiro atoms. The monoisotopic (exact) mass is 583 g/mol. The van der Waals surface area contributed by atoms with Crippen molar-refractivity contribution in [3.05, 3.63) is 164 Å². The Kier molecular flexibility index (Phi) is 6.54. The lowest BCUT2D eigenvalue weighted by Gasteiger charge is -2.27. The van der Waals surface area contributed by atoms with Gasteiger partial charge < -0.3 is 14.8 Å². The number of benzene rings is 7. The van der Waals surface area contributed by atoms with E-state index in [1.54, 1.807) is 0 Å². The van der Waals surface area contributed by atoms with Gasteiger partial charge in [-0.05, 0) is 95.4 Å². The molecule has 0 bridgehead atoms. The van der Waals surface area contributed by atoms with Gasteiger partial charge in [0.2, 0.25) is 0 Å². The van der Waals surface area contributed by atoms with Crippen LogP contribution in [0.1, 0.15) is 0 Å². The van der Waals surface area contributed by atoms with E-state index in [4.69, 9.17) is 0 Å². The number of halogens is 1. The molecule has 0 radical (unpaired) electrons. The molecular formula is C41H30FN3. The maximum atomic E-state index is 14.2. The van der Waals surface area contributed by atoms with Gasteiger partial charge in [-0.15, -0.1) is 0 Å². The minimum Gasteiger partial charge on any atom is -0.388 e. The lowest BCUT2D eigenvalue weighted by molar-refractivity contribution is 0.628. The van der Waals surface area contributed by atoms with E-state index < -0.39 is 0 Å². The van der Waals surface area contributed by atoms with Crippen LogP contribution in [0.25, 0.3) is 49.4 Å². The summed E-state index contributed by atoms with van der Waals surface area (Å²) in [5.41, 5.74) is 9.72. The van der Waals surface area contributed by atoms with Crippen molar-refractivity contribution in [1.82, 2.24) is 4.57 Å². The molecule has 8 aromatic rings. The quantitative estimate of drug-likeness (QED) is 0.210. The van der Waals surface area contributed by atoms with Crippen molar-refractivity contribution in [3.63, 3.8) is 0 Å². The van der Waals surface area contributed by atoms with Gasteiger partial charge in [-0.3, -0.25) is 0 Å². The molecule has 0 aliphatic rings. The maximum Gasteiger partial charge on any atom is 0.123 e. The highest BCUT2D eigenvalue weighted by Gasteiger charge is 2.20. The predicted octanol–water partition coefficient (Wildman–Crippen LogP) is 11.3. The molecule has 3 nitrogen and oxygen atoms in total. The van der Waals surface area contributed by atoms with Crippen molar-refractivity contribution >= 4 is 55.3 Å². The van der Waals surface area contributed by atoms with Crippen LogP contribution < -0.4 is 10.2 Å². The smallest absolute Gasteiger partial charge is 0.123 e. The van der Waals surface area contributed by atoms with E-state index in [-0.39, 0.29) is 5.82 Å². The third kappa shape index (κ3) is 4.59. The van der Waals surface area contributed by atoms with Gasteiger partial charge in [0.1, 0.15) is 5.82 Å². The van der Waals surface area contributed by atoms with Gasteiger partial charge in [0, 0.05) is 46.0 Å². The van der Waals surface area contributed by atoms with Crippen LogP contribution in [-0.4, -0.2) is 11.6 Å². The zero-order valence-corrected chi connectivity index (χ0v) is 24.8. The Hall–Kier alpha value is -5.87. The van der Waals surface area contributed by atoms with Crippen molar-refractivity contribution in [2.24, 2.45) is 0 Å². The van der Waals surface area contributed by atoms with Crippen molar-refractivity contribution < 1.29 is 4.39 Å². The summed E-state index contributed by atoms with van der Waals surface area (Å²) in [6, 6.07) is 53.8. The second-order valence-corrected chi connectivity index (χ2v) is 11.2. The Labute approximate surface area is 261 Å². The number of fused-ring (bicyclic) bond motifs is 4. The van der Waals surface area contributed by atoms with Gasteiger partial charge in [0.15, 0.2) is 0 Å². The lowest BCUT2D eigenvalue weighted by Crippen LogP contribution is -2.10. The van der Waals surface area contributed by atoms with Crippen molar-refractivity contribution in [2.75, 3.05) is 17.3 Å². The molecule has 216 valence electrons. The van der Waals surface area contributed by atoms with Crippen molar-refractivity contribution in [2.45, 2.75) is 0 Å². The van der Waals surface area contributed by atoms with Crippen molar-refractivity contribution in [1.29, 1.82) is 0 Å². The summed E-state index contributed by atoms with van der Waals surface area (Å²) in [7, 11) is 1.93. The van der Waals surface area contributed by atoms with E-state index in [0.29, 0.717) is 0 Å². The Morgan fingerprint density at radius 1 is 0.533 bits per heavy atom. The molecule has 1 heterocycles. The van der Waals surface area contributed by atoms with Gasteiger partial charge >= 0.3 is 0 Å². The number of hydrogen-bond donors (Lipinski definition) is 1. The Morgan fingerprint density at radius 3 is 1.93 bits per heavy atom. The fraction of sp³-hybridized carbons (Fsp3) is 0.0244. The van der Waals surface area contributed by atoms with Gasteiger partial charge in [0.05, 0.1) is 16.7 Å². The first-order valence-electron chi connectivity index (χ1n) is 15.1. The number of nitrogens with zero attached hydrogens (tertiary/aromatic N) is 2. The minimum absolute atomic E-state index is 0.259. The molecular weight excluding hydrogens is 553 g/mol. The summed E-state index contributed by atoms with van der Waals surface area (Å²) >= 11 is 0. The molecule has 0 saturated heterocycles. The van der Waals surface area contributed by atoms with Gasteiger partial charge in [-0.1, -0.05) is 78.9 Å². The highest BCUT2D eigenvalue weighted by atomic mass is 19.1. The fourth-order valence-corrected chi connectivity index (χ4v) is 6.52. The van der Waals surface area contributed by atoms with Crippen molar-refractivity contribution in [3.8, 4) is 16.8 Å². The summed E-state index contributed by atoms with van der Waals surface area (Å²) in [4.78, 5) is 2.24. The predicted molar refractivity (Wildman–Crippen MR) is 188 cm³/mol. The zero-order valence-electron chi connectivity index (χ0n) is 24.8. The molecule has 0 aliphatic carbocycles. The number of rotatable bonds is 6. The van der Waals surface area contributed by atoms with Gasteiger partial charge in [0.25, 0.3) is 0 Å². The molecule has 1 N–H and O–H groups in total. The summed E-state index contributed by atoms with van der Waals surface area (Å²) in [5.74, 6) is -0.259. The summed E-state index contributed by atoms with van der Waals surface area (Å²) < 4.78 is 16.5. The third-order valence-electron chi connectivity index (χ3n) is 8.64. The van der Waals surface area contributed by atoms with E-state index in [1.165, 1.54) is 17.5 Å². The SMILES string of the molecule is CNc1ccc(-c2ccc(N(c3ccc(F)cc3)c3ccc4c(c3)c3ccccc3n4-c3ccccc3)c3ccccc23)cc1. The summed E-state index contributed by atoms with van der Waals surface area (Å²) in [6.45, 7) is 0. The number of nitrogens with one attached hydrogen (secondary N) is 1. The number of para-hydroxylation sites is 2. The number of hydrogen-bond acceptors (Lipinski definition) is 2. The molecule has 0 saturated carbocycles. The molecule has 0 amide bonds. The van der Waals surface area contributed by atoms with E-state index >= 15 is 0 Å². The van der Waals surface area contributed by atoms with Crippen LogP contribution in [0, 0.1) is 5.82 Å². The van der Waals surface area contributed by atoms with E-state index in [0.717, 1.165) is 66.8 Å². The molecule has 7 aromatic carbocycles. The van der Waals surface area contributed by atoms with E-state index in [2.05, 4.69) is 142 Å². The summed E-state index contributed by atoms with van der Waals surface area (Å²) in [5, 5.41) is 7.82. The first-order valence-corrected chi connectivity index (χ1v) is 15.1. The second-order valence-electron chi connectivity index (χ2n) is 11.2. The Morgan fingerprint density at radius 2 is 1.18 bits per heavy atom. The minimum atomic E-state index is -0.259. The largest absolute Gasteiger partial charge is 0.388 e. The van der Waals surface area contributed by atoms with E-state index in [1.807, 2.05) is 25.2 Å². The Balaban J connectivity index is 1.36. The van der Waals surface area contributed by atoms with Crippen LogP contribution in [0.2, 0.25) is 0 Å². The normalized spacial score (nSPS) is 11.3. The van der Waals surface area contributed by atoms with Crippen LogP contribution >= 0.6 is 0 Å². The van der Waals surface area contributed by atoms with Crippen LogP contribution in [0.5, 0.6) is 0 Å². The summed E-state index contributed by atoms with van der Waals surface area (Å²) in [6.07, 6.45) is 0. The van der Waals surface area contributed by atoms with Crippen LogP contribution in [0.4, 0.5) is 27.1 Å². The average Bonchev–Trinajstić information content (AvgIpc) is 3.43. The Bertz CT molecular complexity index is 2300. The van der Waals surface area contributed by atoms with Crippen LogP contribution in [-0.2, 0) is 0 Å². The molecule has 0 unspecified atom stereocenters. The van der Waals surface area contributed by atoms with Crippen LogP contribution in [0.3, 0.4) is 0 Å². The van der Waals surface area contributed by atoms with Gasteiger partial charge in [-0.2, -0.15) is 0 Å². The molecule has 8 rings (SSSR count). The lowest BCUT2D eigenvalue weighted by atomic mass is 9.96.